The van der Waals surface area contributed by atoms with Gasteiger partial charge in [0, 0.05) is 18.0 Å². The molecule has 2 N–H and O–H groups in total. The molecule has 0 unspecified atom stereocenters. The first-order valence-corrected chi connectivity index (χ1v) is 8.11. The van der Waals surface area contributed by atoms with Crippen molar-refractivity contribution in [3.8, 4) is 0 Å². The predicted molar refractivity (Wildman–Crippen MR) is 96.5 cm³/mol. The van der Waals surface area contributed by atoms with E-state index in [1.807, 2.05) is 0 Å². The zero-order valence-electron chi connectivity index (χ0n) is 14.4. The van der Waals surface area contributed by atoms with Crippen molar-refractivity contribution in [2.24, 2.45) is 0 Å². The summed E-state index contributed by atoms with van der Waals surface area (Å²) in [6.45, 7) is 1.41. The Bertz CT molecular complexity index is 991. The standard InChI is InChI=1S/C19H16N4O4/c1-12(17(24)22-23-18(25)13-5-3-2-4-6-13)27-19(26)14-7-8-15-16(11-14)21-10-9-20-15/h2-12H,1H3,(H,22,24)(H,23,25)/t12-/m0/s1. The van der Waals surface area contributed by atoms with Crippen LogP contribution in [-0.2, 0) is 9.53 Å². The second-order valence-corrected chi connectivity index (χ2v) is 5.62. The van der Waals surface area contributed by atoms with Gasteiger partial charge < -0.3 is 4.74 Å². The van der Waals surface area contributed by atoms with Crippen molar-refractivity contribution in [3.63, 3.8) is 0 Å². The summed E-state index contributed by atoms with van der Waals surface area (Å²) in [6.07, 6.45) is 1.96. The Morgan fingerprint density at radius 2 is 1.59 bits per heavy atom. The monoisotopic (exact) mass is 364 g/mol. The third kappa shape index (κ3) is 4.43. The van der Waals surface area contributed by atoms with Crippen LogP contribution < -0.4 is 10.9 Å². The number of carbonyl (C=O) groups is 3. The lowest BCUT2D eigenvalue weighted by Crippen LogP contribution is -2.46. The fraction of sp³-hybridized carbons (Fsp3) is 0.105. The second kappa shape index (κ2) is 8.05. The van der Waals surface area contributed by atoms with E-state index < -0.39 is 23.9 Å². The Labute approximate surface area is 154 Å². The first-order chi connectivity index (χ1) is 13.0. The maximum Gasteiger partial charge on any atom is 0.338 e. The highest BCUT2D eigenvalue weighted by Gasteiger charge is 2.20. The highest BCUT2D eigenvalue weighted by atomic mass is 16.5. The van der Waals surface area contributed by atoms with E-state index in [0.717, 1.165) is 0 Å². The van der Waals surface area contributed by atoms with Gasteiger partial charge >= 0.3 is 5.97 Å². The van der Waals surface area contributed by atoms with Crippen molar-refractivity contribution in [1.82, 2.24) is 20.8 Å². The molecule has 2 aromatic carbocycles. The van der Waals surface area contributed by atoms with Crippen molar-refractivity contribution in [1.29, 1.82) is 0 Å². The second-order valence-electron chi connectivity index (χ2n) is 5.62. The molecule has 0 bridgehead atoms. The number of amides is 2. The molecular weight excluding hydrogens is 348 g/mol. The molecule has 0 spiro atoms. The van der Waals surface area contributed by atoms with Crippen molar-refractivity contribution in [2.45, 2.75) is 13.0 Å². The number of hydrogen-bond acceptors (Lipinski definition) is 6. The van der Waals surface area contributed by atoms with Crippen LogP contribution in [0.25, 0.3) is 11.0 Å². The number of hydrogen-bond donors (Lipinski definition) is 2. The smallest absolute Gasteiger partial charge is 0.338 e. The third-order valence-electron chi connectivity index (χ3n) is 3.69. The number of benzene rings is 2. The normalized spacial score (nSPS) is 11.4. The molecule has 0 saturated heterocycles. The minimum absolute atomic E-state index is 0.246. The average Bonchev–Trinajstić information content (AvgIpc) is 2.71. The van der Waals surface area contributed by atoms with E-state index >= 15 is 0 Å². The van der Waals surface area contributed by atoms with Gasteiger partial charge in [-0.25, -0.2) is 4.79 Å². The molecule has 2 amide bonds. The zero-order chi connectivity index (χ0) is 19.2. The summed E-state index contributed by atoms with van der Waals surface area (Å²) < 4.78 is 5.13. The van der Waals surface area contributed by atoms with Crippen molar-refractivity contribution >= 4 is 28.8 Å². The molecule has 3 rings (SSSR count). The van der Waals surface area contributed by atoms with Crippen LogP contribution in [0.1, 0.15) is 27.6 Å². The molecule has 8 heteroatoms. The van der Waals surface area contributed by atoms with Crippen LogP contribution >= 0.6 is 0 Å². The van der Waals surface area contributed by atoms with E-state index in [9.17, 15) is 14.4 Å². The summed E-state index contributed by atoms with van der Waals surface area (Å²) >= 11 is 0. The molecule has 0 aliphatic carbocycles. The Hall–Kier alpha value is -3.81. The number of esters is 1. The summed E-state index contributed by atoms with van der Waals surface area (Å²) in [4.78, 5) is 44.4. The third-order valence-corrected chi connectivity index (χ3v) is 3.69. The Balaban J connectivity index is 1.56. The van der Waals surface area contributed by atoms with Gasteiger partial charge in [0.25, 0.3) is 11.8 Å². The highest BCUT2D eigenvalue weighted by Crippen LogP contribution is 2.12. The molecule has 3 aromatic rings. The Morgan fingerprint density at radius 1 is 0.889 bits per heavy atom. The Morgan fingerprint density at radius 3 is 2.33 bits per heavy atom. The van der Waals surface area contributed by atoms with E-state index in [1.54, 1.807) is 48.7 Å². The van der Waals surface area contributed by atoms with Crippen LogP contribution in [-0.4, -0.2) is 33.9 Å². The first-order valence-electron chi connectivity index (χ1n) is 8.11. The lowest BCUT2D eigenvalue weighted by atomic mass is 10.2. The topological polar surface area (TPSA) is 110 Å². The SMILES string of the molecule is C[C@H](OC(=O)c1ccc2nccnc2c1)C(=O)NNC(=O)c1ccccc1. The van der Waals surface area contributed by atoms with Crippen molar-refractivity contribution in [3.05, 3.63) is 72.1 Å². The molecule has 1 aromatic heterocycles. The maximum atomic E-state index is 12.2. The first kappa shape index (κ1) is 18.0. The number of nitrogens with zero attached hydrogens (tertiary/aromatic N) is 2. The van der Waals surface area contributed by atoms with Crippen LogP contribution in [0.2, 0.25) is 0 Å². The van der Waals surface area contributed by atoms with E-state index in [0.29, 0.717) is 16.6 Å². The van der Waals surface area contributed by atoms with E-state index in [-0.39, 0.29) is 5.56 Å². The quantitative estimate of drug-likeness (QED) is 0.538. The fourth-order valence-electron chi connectivity index (χ4n) is 2.25. The number of fused-ring (bicyclic) bond motifs is 1. The summed E-state index contributed by atoms with van der Waals surface area (Å²) in [7, 11) is 0. The van der Waals surface area contributed by atoms with Gasteiger partial charge in [0.15, 0.2) is 6.10 Å². The molecule has 8 nitrogen and oxygen atoms in total. The van der Waals surface area contributed by atoms with E-state index in [4.69, 9.17) is 4.74 Å². The molecule has 0 radical (unpaired) electrons. The minimum atomic E-state index is -1.11. The molecule has 1 heterocycles. The largest absolute Gasteiger partial charge is 0.449 e. The average molecular weight is 364 g/mol. The molecule has 136 valence electrons. The van der Waals surface area contributed by atoms with Crippen LogP contribution in [0.15, 0.2) is 60.9 Å². The molecule has 1 atom stereocenters. The number of hydrazine groups is 1. The van der Waals surface area contributed by atoms with Gasteiger partial charge in [-0.3, -0.25) is 30.4 Å². The predicted octanol–water partition coefficient (Wildman–Crippen LogP) is 1.64. The number of ether oxygens (including phenoxy) is 1. The van der Waals surface area contributed by atoms with Crippen molar-refractivity contribution < 1.29 is 19.1 Å². The summed E-state index contributed by atoms with van der Waals surface area (Å²) in [5, 5.41) is 0. The van der Waals surface area contributed by atoms with Crippen LogP contribution in [0.4, 0.5) is 0 Å². The molecule has 0 fully saturated rings. The molecule has 0 saturated carbocycles. The molecule has 0 aliphatic heterocycles. The van der Waals surface area contributed by atoms with Gasteiger partial charge in [0.2, 0.25) is 0 Å². The maximum absolute atomic E-state index is 12.2. The van der Waals surface area contributed by atoms with Crippen LogP contribution in [0.3, 0.4) is 0 Å². The Kier molecular flexibility index (Phi) is 5.36. The van der Waals surface area contributed by atoms with Gasteiger partial charge in [0.1, 0.15) is 0 Å². The van der Waals surface area contributed by atoms with Crippen LogP contribution in [0.5, 0.6) is 0 Å². The van der Waals surface area contributed by atoms with Gasteiger partial charge in [-0.2, -0.15) is 0 Å². The lowest BCUT2D eigenvalue weighted by molar-refractivity contribution is -0.129. The van der Waals surface area contributed by atoms with Gasteiger partial charge in [-0.05, 0) is 37.3 Å². The zero-order valence-corrected chi connectivity index (χ0v) is 14.4. The summed E-state index contributed by atoms with van der Waals surface area (Å²) in [5.41, 5.74) is 6.32. The van der Waals surface area contributed by atoms with E-state index in [2.05, 4.69) is 20.8 Å². The van der Waals surface area contributed by atoms with Gasteiger partial charge in [-0.15, -0.1) is 0 Å². The number of nitrogens with one attached hydrogen (secondary N) is 2. The number of carbonyl (C=O) groups excluding carboxylic acids is 3. The van der Waals surface area contributed by atoms with Crippen molar-refractivity contribution in [2.75, 3.05) is 0 Å². The van der Waals surface area contributed by atoms with Crippen LogP contribution in [0, 0.1) is 0 Å². The molecule has 0 aliphatic rings. The molecular formula is C19H16N4O4. The summed E-state index contributed by atoms with van der Waals surface area (Å²) in [6, 6.07) is 13.1. The number of aromatic nitrogens is 2. The molecule has 27 heavy (non-hydrogen) atoms. The highest BCUT2D eigenvalue weighted by molar-refractivity contribution is 5.97. The van der Waals surface area contributed by atoms with E-state index in [1.165, 1.54) is 19.2 Å². The minimum Gasteiger partial charge on any atom is -0.449 e. The number of rotatable bonds is 4. The lowest BCUT2D eigenvalue weighted by Gasteiger charge is -2.14. The summed E-state index contributed by atoms with van der Waals surface area (Å²) in [5.74, 6) is -1.82. The van der Waals surface area contributed by atoms with Gasteiger partial charge in [-0.1, -0.05) is 18.2 Å². The fourth-order valence-corrected chi connectivity index (χ4v) is 2.25. The van der Waals surface area contributed by atoms with Gasteiger partial charge in [0.05, 0.1) is 16.6 Å².